The zero-order chi connectivity index (χ0) is 23.5. The summed E-state index contributed by atoms with van der Waals surface area (Å²) < 4.78 is 19.2. The van der Waals surface area contributed by atoms with E-state index in [9.17, 15) is 4.79 Å². The first-order chi connectivity index (χ1) is 16.6. The van der Waals surface area contributed by atoms with E-state index in [-0.39, 0.29) is 12.0 Å². The van der Waals surface area contributed by atoms with Crippen LogP contribution in [0.15, 0.2) is 53.7 Å². The van der Waals surface area contributed by atoms with Crippen molar-refractivity contribution in [3.8, 4) is 17.2 Å². The predicted molar refractivity (Wildman–Crippen MR) is 129 cm³/mol. The molecule has 1 saturated heterocycles. The van der Waals surface area contributed by atoms with Crippen LogP contribution in [0.2, 0.25) is 0 Å². The molecule has 0 radical (unpaired) electrons. The minimum absolute atomic E-state index is 0.0976. The summed E-state index contributed by atoms with van der Waals surface area (Å²) in [6, 6.07) is 15.6. The number of piperazine rings is 1. The maximum absolute atomic E-state index is 12.9. The predicted octanol–water partition coefficient (Wildman–Crippen LogP) is 2.78. The Morgan fingerprint density at radius 1 is 1.06 bits per heavy atom. The van der Waals surface area contributed by atoms with E-state index in [2.05, 4.69) is 21.2 Å². The minimum atomic E-state index is -0.347. The van der Waals surface area contributed by atoms with Crippen molar-refractivity contribution in [3.05, 3.63) is 54.4 Å². The van der Waals surface area contributed by atoms with Gasteiger partial charge in [-0.15, -0.1) is 10.2 Å². The molecule has 10 heteroatoms. The Morgan fingerprint density at radius 2 is 1.79 bits per heavy atom. The lowest BCUT2D eigenvalue weighted by Crippen LogP contribution is -2.49. The maximum atomic E-state index is 12.9. The highest BCUT2D eigenvalue weighted by molar-refractivity contribution is 7.99. The largest absolute Gasteiger partial charge is 0.495 e. The van der Waals surface area contributed by atoms with Gasteiger partial charge in [0, 0.05) is 33.2 Å². The lowest BCUT2D eigenvalue weighted by Gasteiger charge is -2.36. The SMILES string of the molecule is COc1ccccc1N1CCN(C(=O)CSc2nnc([C@H]3COc4ccccc4O3)n2C)CC1. The van der Waals surface area contributed by atoms with Gasteiger partial charge in [0.2, 0.25) is 5.91 Å². The molecule has 5 rings (SSSR count). The number of hydrogen-bond acceptors (Lipinski definition) is 8. The van der Waals surface area contributed by atoms with E-state index in [1.165, 1.54) is 11.8 Å². The van der Waals surface area contributed by atoms with Gasteiger partial charge in [0.25, 0.3) is 0 Å². The first-order valence-corrected chi connectivity index (χ1v) is 12.2. The van der Waals surface area contributed by atoms with Crippen LogP contribution in [0.1, 0.15) is 11.9 Å². The number of carbonyl (C=O) groups excluding carboxylic acids is 1. The van der Waals surface area contributed by atoms with E-state index in [0.717, 1.165) is 30.3 Å². The van der Waals surface area contributed by atoms with E-state index in [1.807, 2.05) is 59.0 Å². The van der Waals surface area contributed by atoms with Gasteiger partial charge in [0.15, 0.2) is 28.6 Å². The van der Waals surface area contributed by atoms with Gasteiger partial charge in [0.1, 0.15) is 12.4 Å². The van der Waals surface area contributed by atoms with Crippen LogP contribution >= 0.6 is 11.8 Å². The fourth-order valence-electron chi connectivity index (χ4n) is 4.18. The van der Waals surface area contributed by atoms with Crippen LogP contribution in [0.3, 0.4) is 0 Å². The number of para-hydroxylation sites is 4. The monoisotopic (exact) mass is 481 g/mol. The van der Waals surface area contributed by atoms with E-state index in [0.29, 0.717) is 42.2 Å². The van der Waals surface area contributed by atoms with Crippen molar-refractivity contribution >= 4 is 23.4 Å². The van der Waals surface area contributed by atoms with Crippen molar-refractivity contribution in [2.24, 2.45) is 7.05 Å². The number of anilines is 1. The molecule has 3 aromatic rings. The van der Waals surface area contributed by atoms with E-state index < -0.39 is 0 Å². The normalized spacial score (nSPS) is 17.5. The highest BCUT2D eigenvalue weighted by Gasteiger charge is 2.28. The topological polar surface area (TPSA) is 82.0 Å². The molecule has 178 valence electrons. The summed E-state index contributed by atoms with van der Waals surface area (Å²) in [5.74, 6) is 3.36. The van der Waals surface area contributed by atoms with Gasteiger partial charge in [-0.2, -0.15) is 0 Å². The number of fused-ring (bicyclic) bond motifs is 1. The first-order valence-electron chi connectivity index (χ1n) is 11.2. The quantitative estimate of drug-likeness (QED) is 0.497. The van der Waals surface area contributed by atoms with Crippen molar-refractivity contribution in [3.63, 3.8) is 0 Å². The molecule has 34 heavy (non-hydrogen) atoms. The van der Waals surface area contributed by atoms with Crippen LogP contribution in [-0.4, -0.2) is 71.2 Å². The lowest BCUT2D eigenvalue weighted by atomic mass is 10.2. The number of methoxy groups -OCH3 is 1. The first kappa shape index (κ1) is 22.4. The fraction of sp³-hybridized carbons (Fsp3) is 0.375. The smallest absolute Gasteiger partial charge is 0.233 e. The fourth-order valence-corrected chi connectivity index (χ4v) is 5.01. The van der Waals surface area contributed by atoms with Gasteiger partial charge < -0.3 is 28.6 Å². The summed E-state index contributed by atoms with van der Waals surface area (Å²) in [4.78, 5) is 17.0. The number of aromatic nitrogens is 3. The summed E-state index contributed by atoms with van der Waals surface area (Å²) in [5.41, 5.74) is 1.06. The average molecular weight is 482 g/mol. The van der Waals surface area contributed by atoms with Gasteiger partial charge in [-0.1, -0.05) is 36.0 Å². The van der Waals surface area contributed by atoms with Gasteiger partial charge in [-0.05, 0) is 24.3 Å². The molecule has 2 aromatic carbocycles. The Hall–Kier alpha value is -3.40. The van der Waals surface area contributed by atoms with Crippen LogP contribution in [0.4, 0.5) is 5.69 Å². The summed E-state index contributed by atoms with van der Waals surface area (Å²) in [7, 11) is 3.57. The molecule has 9 nitrogen and oxygen atoms in total. The lowest BCUT2D eigenvalue weighted by molar-refractivity contribution is -0.128. The zero-order valence-electron chi connectivity index (χ0n) is 19.2. The Kier molecular flexibility index (Phi) is 6.48. The van der Waals surface area contributed by atoms with Crippen LogP contribution in [-0.2, 0) is 11.8 Å². The average Bonchev–Trinajstić information content (AvgIpc) is 3.27. The number of nitrogens with zero attached hydrogens (tertiary/aromatic N) is 5. The molecule has 1 amide bonds. The summed E-state index contributed by atoms with van der Waals surface area (Å²) >= 11 is 1.39. The number of ether oxygens (including phenoxy) is 3. The number of amides is 1. The molecule has 2 aliphatic rings. The highest BCUT2D eigenvalue weighted by Crippen LogP contribution is 2.36. The van der Waals surface area contributed by atoms with Crippen molar-refractivity contribution in [2.45, 2.75) is 11.3 Å². The Labute approximate surface area is 202 Å². The number of benzene rings is 2. The maximum Gasteiger partial charge on any atom is 0.233 e. The molecule has 0 N–H and O–H groups in total. The van der Waals surface area contributed by atoms with Gasteiger partial charge in [-0.3, -0.25) is 4.79 Å². The van der Waals surface area contributed by atoms with Gasteiger partial charge in [0.05, 0.1) is 18.6 Å². The molecule has 1 aromatic heterocycles. The second-order valence-corrected chi connectivity index (χ2v) is 9.03. The molecule has 0 bridgehead atoms. The molecule has 0 spiro atoms. The van der Waals surface area contributed by atoms with Crippen LogP contribution in [0, 0.1) is 0 Å². The molecule has 2 aliphatic heterocycles. The zero-order valence-corrected chi connectivity index (χ0v) is 20.0. The van der Waals surface area contributed by atoms with Crippen molar-refractivity contribution < 1.29 is 19.0 Å². The molecule has 1 fully saturated rings. The number of carbonyl (C=O) groups is 1. The minimum Gasteiger partial charge on any atom is -0.495 e. The van der Waals surface area contributed by atoms with Crippen LogP contribution in [0.25, 0.3) is 0 Å². The van der Waals surface area contributed by atoms with E-state index in [1.54, 1.807) is 7.11 Å². The summed E-state index contributed by atoms with van der Waals surface area (Å²) in [5, 5.41) is 9.27. The Bertz CT molecular complexity index is 1160. The van der Waals surface area contributed by atoms with E-state index >= 15 is 0 Å². The standard InChI is InChI=1S/C24H27N5O4S/c1-27-23(21-15-32-19-9-5-6-10-20(19)33-21)25-26-24(27)34-16-22(30)29-13-11-28(12-14-29)17-7-3-4-8-18(17)31-2/h3-10,21H,11-16H2,1-2H3/t21-/m1/s1. The van der Waals surface area contributed by atoms with Crippen LogP contribution < -0.4 is 19.1 Å². The number of thioether (sulfide) groups is 1. The molecular formula is C24H27N5O4S. The van der Waals surface area contributed by atoms with Crippen molar-refractivity contribution in [1.29, 1.82) is 0 Å². The molecule has 0 saturated carbocycles. The Morgan fingerprint density at radius 3 is 2.59 bits per heavy atom. The summed E-state index contributed by atoms with van der Waals surface area (Å²) in [6.07, 6.45) is -0.347. The van der Waals surface area contributed by atoms with Crippen molar-refractivity contribution in [2.75, 3.05) is 50.5 Å². The third kappa shape index (κ3) is 4.50. The third-order valence-electron chi connectivity index (χ3n) is 6.05. The number of rotatable bonds is 6. The second-order valence-electron chi connectivity index (χ2n) is 8.09. The summed E-state index contributed by atoms with van der Waals surface area (Å²) in [6.45, 7) is 3.25. The van der Waals surface area contributed by atoms with Crippen LogP contribution in [0.5, 0.6) is 17.2 Å². The second kappa shape index (κ2) is 9.84. The third-order valence-corrected chi connectivity index (χ3v) is 7.05. The Balaban J connectivity index is 1.15. The molecule has 1 atom stereocenters. The van der Waals surface area contributed by atoms with E-state index in [4.69, 9.17) is 14.2 Å². The van der Waals surface area contributed by atoms with Crippen molar-refractivity contribution in [1.82, 2.24) is 19.7 Å². The van der Waals surface area contributed by atoms with Gasteiger partial charge in [-0.25, -0.2) is 0 Å². The number of hydrogen-bond donors (Lipinski definition) is 0. The molecular weight excluding hydrogens is 454 g/mol. The molecule has 3 heterocycles. The van der Waals surface area contributed by atoms with Gasteiger partial charge >= 0.3 is 0 Å². The molecule has 0 unspecified atom stereocenters. The highest BCUT2D eigenvalue weighted by atomic mass is 32.2. The molecule has 0 aliphatic carbocycles.